The first kappa shape index (κ1) is 28.6. The molecule has 0 bridgehead atoms. The molecule has 0 aliphatic heterocycles. The first-order valence-corrected chi connectivity index (χ1v) is 12.0. The lowest BCUT2D eigenvalue weighted by molar-refractivity contribution is -0.360. The summed E-state index contributed by atoms with van der Waals surface area (Å²) in [6, 6.07) is 3.19. The molecular formula is C14H7F6I3O7S. The first-order valence-electron chi connectivity index (χ1n) is 7.15. The summed E-state index contributed by atoms with van der Waals surface area (Å²) in [6.07, 6.45) is -12.9. The van der Waals surface area contributed by atoms with E-state index >= 15 is 0 Å². The van der Waals surface area contributed by atoms with E-state index in [4.69, 9.17) is 9.29 Å². The highest BCUT2D eigenvalue weighted by Gasteiger charge is 2.75. The minimum atomic E-state index is -6.47. The number of rotatable bonds is 6. The lowest BCUT2D eigenvalue weighted by atomic mass is 10.1. The SMILES string of the molecule is O=C(/C=C/C(=O)OC(CS(=O)(=O)O)(C(F)(F)F)C(F)(F)F)Oc1c(I)cc(I)cc1I. The summed E-state index contributed by atoms with van der Waals surface area (Å²) in [6.45, 7) is 0. The normalized spacial score (nSPS) is 13.4. The third kappa shape index (κ3) is 7.84. The number of hydrogen-bond donors (Lipinski definition) is 1. The van der Waals surface area contributed by atoms with Gasteiger partial charge in [-0.25, -0.2) is 9.59 Å². The number of alkyl halides is 6. The monoisotopic (exact) mass is 814 g/mol. The van der Waals surface area contributed by atoms with Crippen LogP contribution in [-0.2, 0) is 24.4 Å². The molecule has 7 nitrogen and oxygen atoms in total. The summed E-state index contributed by atoms with van der Waals surface area (Å²) in [5, 5.41) is 0. The van der Waals surface area contributed by atoms with E-state index < -0.39 is 45.8 Å². The van der Waals surface area contributed by atoms with Gasteiger partial charge >= 0.3 is 29.9 Å². The van der Waals surface area contributed by atoms with Crippen molar-refractivity contribution < 1.29 is 58.4 Å². The minimum Gasteiger partial charge on any atom is -0.435 e. The number of hydrogen-bond acceptors (Lipinski definition) is 6. The molecule has 0 aliphatic carbocycles. The van der Waals surface area contributed by atoms with Crippen LogP contribution in [0.4, 0.5) is 26.3 Å². The molecule has 0 heterocycles. The van der Waals surface area contributed by atoms with Gasteiger partial charge in [-0.1, -0.05) is 0 Å². The number of carbonyl (C=O) groups is 2. The van der Waals surface area contributed by atoms with E-state index in [1.807, 2.05) is 22.6 Å². The van der Waals surface area contributed by atoms with E-state index in [9.17, 15) is 44.3 Å². The number of benzene rings is 1. The van der Waals surface area contributed by atoms with Crippen molar-refractivity contribution in [3.63, 3.8) is 0 Å². The zero-order chi connectivity index (χ0) is 24.4. The van der Waals surface area contributed by atoms with Crippen LogP contribution in [-0.4, -0.2) is 48.6 Å². The average Bonchev–Trinajstić information content (AvgIpc) is 2.52. The highest BCUT2D eigenvalue weighted by Crippen LogP contribution is 2.46. The third-order valence-electron chi connectivity index (χ3n) is 3.10. The topological polar surface area (TPSA) is 107 Å². The van der Waals surface area contributed by atoms with Crippen LogP contribution in [0, 0.1) is 10.7 Å². The van der Waals surface area contributed by atoms with Crippen LogP contribution >= 0.6 is 67.8 Å². The van der Waals surface area contributed by atoms with E-state index in [1.165, 1.54) is 0 Å². The highest BCUT2D eigenvalue weighted by molar-refractivity contribution is 14.1. The van der Waals surface area contributed by atoms with E-state index in [0.717, 1.165) is 3.57 Å². The fraction of sp³-hybridized carbons (Fsp3) is 0.286. The maximum absolute atomic E-state index is 13.1. The predicted molar refractivity (Wildman–Crippen MR) is 117 cm³/mol. The van der Waals surface area contributed by atoms with Crippen molar-refractivity contribution in [2.75, 3.05) is 5.75 Å². The minimum absolute atomic E-state index is 0.0240. The molecule has 0 spiro atoms. The predicted octanol–water partition coefficient (Wildman–Crippen LogP) is 4.26. The second-order valence-electron chi connectivity index (χ2n) is 5.42. The van der Waals surface area contributed by atoms with Crippen molar-refractivity contribution in [1.29, 1.82) is 0 Å². The van der Waals surface area contributed by atoms with Crippen molar-refractivity contribution in [2.24, 2.45) is 0 Å². The molecule has 1 aromatic rings. The smallest absolute Gasteiger partial charge is 0.435 e. The fourth-order valence-electron chi connectivity index (χ4n) is 1.83. The quantitative estimate of drug-likeness (QED) is 0.114. The van der Waals surface area contributed by atoms with Gasteiger partial charge in [0.25, 0.3) is 10.1 Å². The van der Waals surface area contributed by atoms with Gasteiger partial charge in [-0.2, -0.15) is 34.8 Å². The van der Waals surface area contributed by atoms with E-state index in [2.05, 4.69) is 4.74 Å². The van der Waals surface area contributed by atoms with Gasteiger partial charge < -0.3 is 9.47 Å². The van der Waals surface area contributed by atoms with Crippen molar-refractivity contribution in [1.82, 2.24) is 0 Å². The molecule has 17 heteroatoms. The van der Waals surface area contributed by atoms with E-state index in [0.29, 0.717) is 7.14 Å². The van der Waals surface area contributed by atoms with Gasteiger partial charge in [-0.15, -0.1) is 0 Å². The van der Waals surface area contributed by atoms with Crippen molar-refractivity contribution >= 4 is 89.8 Å². The Morgan fingerprint density at radius 1 is 0.935 bits per heavy atom. The fourth-order valence-corrected chi connectivity index (χ4v) is 6.53. The zero-order valence-electron chi connectivity index (χ0n) is 14.2. The molecular weight excluding hydrogens is 807 g/mol. The maximum Gasteiger partial charge on any atom is 0.438 e. The molecule has 0 atom stereocenters. The molecule has 0 unspecified atom stereocenters. The molecule has 0 fully saturated rings. The Kier molecular flexibility index (Phi) is 9.45. The second-order valence-corrected chi connectivity index (χ2v) is 10.4. The average molecular weight is 814 g/mol. The molecule has 0 aromatic heterocycles. The summed E-state index contributed by atoms with van der Waals surface area (Å²) in [5.74, 6) is -6.71. The second kappa shape index (κ2) is 10.2. The lowest BCUT2D eigenvalue weighted by Gasteiger charge is -2.35. The Morgan fingerprint density at radius 3 is 1.74 bits per heavy atom. The van der Waals surface area contributed by atoms with Crippen LogP contribution < -0.4 is 4.74 Å². The Labute approximate surface area is 211 Å². The zero-order valence-corrected chi connectivity index (χ0v) is 21.5. The first-order chi connectivity index (χ1) is 13.8. The van der Waals surface area contributed by atoms with Crippen LogP contribution in [0.3, 0.4) is 0 Å². The van der Waals surface area contributed by atoms with Crippen LogP contribution in [0.1, 0.15) is 0 Å². The van der Waals surface area contributed by atoms with Crippen LogP contribution in [0.5, 0.6) is 5.75 Å². The molecule has 1 N–H and O–H groups in total. The molecule has 0 amide bonds. The molecule has 1 aromatic carbocycles. The summed E-state index contributed by atoms with van der Waals surface area (Å²) < 4.78 is 118. The standard InChI is InChI=1S/C14H7F6I3O7S/c15-13(16,17)12(14(18,19)20,5-31(26,27)28)30-10(25)2-1-9(24)29-11-7(22)3-6(21)4-8(11)23/h1-4H,5H2,(H,26,27,28)/b2-1+. The van der Waals surface area contributed by atoms with Gasteiger partial charge in [-0.3, -0.25) is 4.55 Å². The lowest BCUT2D eigenvalue weighted by Crippen LogP contribution is -2.63. The molecule has 1 rings (SSSR count). The highest BCUT2D eigenvalue weighted by atomic mass is 127. The number of carbonyl (C=O) groups excluding carboxylic acids is 2. The van der Waals surface area contributed by atoms with Gasteiger partial charge in [0, 0.05) is 15.7 Å². The maximum atomic E-state index is 13.1. The third-order valence-corrected chi connectivity index (χ3v) is 6.09. The van der Waals surface area contributed by atoms with E-state index in [1.54, 1.807) is 57.3 Å². The Balaban J connectivity index is 3.15. The van der Waals surface area contributed by atoms with Crippen molar-refractivity contribution in [2.45, 2.75) is 18.0 Å². The van der Waals surface area contributed by atoms with Gasteiger partial charge in [0.1, 0.15) is 5.75 Å². The van der Waals surface area contributed by atoms with E-state index in [-0.39, 0.29) is 17.9 Å². The largest absolute Gasteiger partial charge is 0.438 e. The van der Waals surface area contributed by atoms with Crippen molar-refractivity contribution in [3.05, 3.63) is 35.0 Å². The summed E-state index contributed by atoms with van der Waals surface area (Å²) in [5.41, 5.74) is -5.57. The van der Waals surface area contributed by atoms with Crippen LogP contribution in [0.15, 0.2) is 24.3 Å². The molecule has 0 saturated heterocycles. The van der Waals surface area contributed by atoms with Gasteiger partial charge in [0.05, 0.1) is 7.14 Å². The van der Waals surface area contributed by atoms with Crippen LogP contribution in [0.25, 0.3) is 0 Å². The van der Waals surface area contributed by atoms with Gasteiger partial charge in [-0.05, 0) is 79.9 Å². The molecule has 0 radical (unpaired) electrons. The number of esters is 2. The molecule has 31 heavy (non-hydrogen) atoms. The Hall–Kier alpha value is -0.420. The summed E-state index contributed by atoms with van der Waals surface area (Å²) in [4.78, 5) is 23.4. The number of ether oxygens (including phenoxy) is 2. The molecule has 174 valence electrons. The van der Waals surface area contributed by atoms with Gasteiger partial charge in [0.2, 0.25) is 0 Å². The summed E-state index contributed by atoms with van der Waals surface area (Å²) >= 11 is 5.57. The Bertz CT molecular complexity index is 968. The van der Waals surface area contributed by atoms with Crippen LogP contribution in [0.2, 0.25) is 0 Å². The molecule has 0 saturated carbocycles. The Morgan fingerprint density at radius 2 is 1.35 bits per heavy atom. The van der Waals surface area contributed by atoms with Gasteiger partial charge in [0.15, 0.2) is 5.75 Å². The number of halogens is 9. The molecule has 0 aliphatic rings. The van der Waals surface area contributed by atoms with Crippen molar-refractivity contribution in [3.8, 4) is 5.75 Å². The summed E-state index contributed by atoms with van der Waals surface area (Å²) in [7, 11) is -5.91.